The van der Waals surface area contributed by atoms with Crippen molar-refractivity contribution in [3.63, 3.8) is 0 Å². The van der Waals surface area contributed by atoms with E-state index in [4.69, 9.17) is 28.4 Å². The van der Waals surface area contributed by atoms with Gasteiger partial charge in [-0.2, -0.15) is 0 Å². The summed E-state index contributed by atoms with van der Waals surface area (Å²) in [7, 11) is 3.73. The average molecular weight is 763 g/mol. The van der Waals surface area contributed by atoms with Gasteiger partial charge in [0.15, 0.2) is 23.4 Å². The number of likely N-dealkylation sites (N-methyl/N-ethyl adjacent to an activating group) is 2. The van der Waals surface area contributed by atoms with Crippen LogP contribution in [0.3, 0.4) is 0 Å². The molecule has 0 saturated carbocycles. The smallest absolute Gasteiger partial charge is 0.338 e. The molecule has 5 fully saturated rings. The largest absolute Gasteiger partial charge is 0.797 e. The molecule has 2 spiro atoms. The molecule has 7 aliphatic heterocycles. The van der Waals surface area contributed by atoms with Crippen LogP contribution in [0.15, 0.2) is 23.3 Å². The van der Waals surface area contributed by atoms with E-state index in [1.54, 1.807) is 39.8 Å². The number of ether oxygens (including phenoxy) is 6. The minimum Gasteiger partial charge on any atom is -0.797 e. The number of quaternary nitrogens is 1. The first-order chi connectivity index (χ1) is 25.0. The van der Waals surface area contributed by atoms with Crippen LogP contribution in [-0.4, -0.2) is 155 Å². The number of cyclic esters (lactones) is 2. The fourth-order valence-corrected chi connectivity index (χ4v) is 8.94. The molecule has 16 nitrogen and oxygen atoms in total. The molecular weight excluding hydrogens is 708 g/mol. The average Bonchev–Trinajstić information content (AvgIpc) is 3.90. The van der Waals surface area contributed by atoms with Crippen LogP contribution in [0, 0.1) is 11.8 Å². The Morgan fingerprint density at radius 3 is 1.87 bits per heavy atom. The number of rotatable bonds is 0. The summed E-state index contributed by atoms with van der Waals surface area (Å²) in [4.78, 5) is 65.2. The van der Waals surface area contributed by atoms with Gasteiger partial charge in [0, 0.05) is 48.9 Å². The van der Waals surface area contributed by atoms with Crippen LogP contribution in [0.5, 0.6) is 0 Å². The van der Waals surface area contributed by atoms with E-state index in [0.29, 0.717) is 44.6 Å². The summed E-state index contributed by atoms with van der Waals surface area (Å²) in [6.45, 7) is 11.3. The summed E-state index contributed by atoms with van der Waals surface area (Å²) >= 11 is 0. The van der Waals surface area contributed by atoms with E-state index in [2.05, 4.69) is 0 Å². The maximum atomic E-state index is 13.8. The van der Waals surface area contributed by atoms with Crippen molar-refractivity contribution in [2.45, 2.75) is 120 Å². The first-order valence-electron chi connectivity index (χ1n) is 18.8. The third kappa shape index (κ3) is 6.60. The first-order valence-corrected chi connectivity index (χ1v) is 18.8. The zero-order valence-corrected chi connectivity index (χ0v) is 32.4. The molecule has 0 aromatic rings. The topological polar surface area (TPSA) is 214 Å². The van der Waals surface area contributed by atoms with Crippen molar-refractivity contribution in [3.05, 3.63) is 23.3 Å². The second-order valence-corrected chi connectivity index (χ2v) is 16.8. The second kappa shape index (κ2) is 13.7. The maximum absolute atomic E-state index is 13.8. The normalized spacial score (nSPS) is 46.9. The van der Waals surface area contributed by atoms with Crippen molar-refractivity contribution in [2.75, 3.05) is 53.5 Å². The number of hydrogen-bond donors (Lipinski definition) is 2. The highest BCUT2D eigenvalue weighted by atomic mass is 16.6. The molecule has 5 saturated heterocycles. The summed E-state index contributed by atoms with van der Waals surface area (Å²) in [5.74, 6) is -4.50. The third-order valence-corrected chi connectivity index (χ3v) is 13.5. The van der Waals surface area contributed by atoms with Gasteiger partial charge in [0.25, 0.3) is 0 Å². The third-order valence-electron chi connectivity index (χ3n) is 13.5. The van der Waals surface area contributed by atoms with Gasteiger partial charge in [-0.1, -0.05) is 19.9 Å². The summed E-state index contributed by atoms with van der Waals surface area (Å²) in [5.41, 5.74) is -6.74. The quantitative estimate of drug-likeness (QED) is 0.104. The van der Waals surface area contributed by atoms with Crippen LogP contribution in [0.1, 0.15) is 67.2 Å². The van der Waals surface area contributed by atoms with Crippen molar-refractivity contribution in [2.24, 2.45) is 11.8 Å². The molecule has 0 aromatic carbocycles. The molecule has 0 radical (unpaired) electrons. The van der Waals surface area contributed by atoms with E-state index >= 15 is 0 Å². The molecule has 7 heterocycles. The molecule has 7 rings (SSSR count). The van der Waals surface area contributed by atoms with E-state index in [1.165, 1.54) is 13.8 Å². The molecular formula is C38H54N2O14. The van der Waals surface area contributed by atoms with E-state index in [9.17, 15) is 39.3 Å². The van der Waals surface area contributed by atoms with Gasteiger partial charge in [0.1, 0.15) is 24.4 Å². The minimum atomic E-state index is -1.87. The van der Waals surface area contributed by atoms with Crippen LogP contribution >= 0.6 is 0 Å². The SMILES string of the molecule is CC1OC12CC(=O)OC1CCN(C)CC=C(COC(=O)C(C)(O)C2C)C1=O.CC1OC12CC(=O)OC1CC[N+]3(C)CC=C(COC(=O)C(C)(O)C2C)C13[O-]. The van der Waals surface area contributed by atoms with Gasteiger partial charge >= 0.3 is 23.9 Å². The predicted molar refractivity (Wildman–Crippen MR) is 184 cm³/mol. The van der Waals surface area contributed by atoms with Crippen LogP contribution in [0.4, 0.5) is 0 Å². The Hall–Kier alpha value is -3.25. The lowest BCUT2D eigenvalue weighted by Crippen LogP contribution is -2.69. The van der Waals surface area contributed by atoms with Crippen molar-refractivity contribution in [1.82, 2.24) is 4.90 Å². The molecule has 16 heteroatoms. The fourth-order valence-electron chi connectivity index (χ4n) is 8.94. The number of carbonyl (C=O) groups is 5. The number of hydrogen-bond acceptors (Lipinski definition) is 15. The Balaban J connectivity index is 0.000000184. The van der Waals surface area contributed by atoms with E-state index in [1.807, 2.05) is 19.0 Å². The van der Waals surface area contributed by atoms with E-state index < -0.39 is 76.1 Å². The molecule has 2 bridgehead atoms. The van der Waals surface area contributed by atoms with Crippen molar-refractivity contribution in [3.8, 4) is 0 Å². The highest BCUT2D eigenvalue weighted by molar-refractivity contribution is 6.00. The summed E-state index contributed by atoms with van der Waals surface area (Å²) < 4.78 is 33.3. The molecule has 7 aliphatic rings. The molecule has 54 heavy (non-hydrogen) atoms. The molecule has 0 aliphatic carbocycles. The molecule has 300 valence electrons. The van der Waals surface area contributed by atoms with Crippen LogP contribution in [-0.2, 0) is 52.4 Å². The Morgan fingerprint density at radius 1 is 0.815 bits per heavy atom. The van der Waals surface area contributed by atoms with E-state index in [0.717, 1.165) is 0 Å². The van der Waals surface area contributed by atoms with Crippen molar-refractivity contribution >= 4 is 29.7 Å². The first kappa shape index (κ1) is 40.4. The zero-order chi connectivity index (χ0) is 39.8. The number of Topliss-reactive ketones (excluding diaryl/α,β-unsaturated/α-hetero) is 1. The number of ketones is 1. The number of fused-ring (bicyclic) bond motifs is 2. The lowest BCUT2D eigenvalue weighted by atomic mass is 9.76. The van der Waals surface area contributed by atoms with Gasteiger partial charge < -0.3 is 53.1 Å². The fraction of sp³-hybridized carbons (Fsp3) is 0.763. The number of nitrogens with zero attached hydrogens (tertiary/aromatic N) is 2. The number of epoxide rings is 2. The molecule has 2 N–H and O–H groups in total. The summed E-state index contributed by atoms with van der Waals surface area (Å²) in [6, 6.07) is 0. The van der Waals surface area contributed by atoms with Gasteiger partial charge in [-0.05, 0) is 40.8 Å². The van der Waals surface area contributed by atoms with Crippen molar-refractivity contribution in [1.29, 1.82) is 0 Å². The molecule has 0 amide bonds. The van der Waals surface area contributed by atoms with Crippen LogP contribution in [0.25, 0.3) is 0 Å². The number of esters is 4. The van der Waals surface area contributed by atoms with Gasteiger partial charge in [0.2, 0.25) is 5.78 Å². The second-order valence-electron chi connectivity index (χ2n) is 16.8. The highest BCUT2D eigenvalue weighted by Crippen LogP contribution is 2.52. The van der Waals surface area contributed by atoms with Gasteiger partial charge in [-0.25, -0.2) is 9.59 Å². The number of aliphatic hydroxyl groups is 2. The Kier molecular flexibility index (Phi) is 10.3. The lowest BCUT2D eigenvalue weighted by Gasteiger charge is -2.50. The zero-order valence-electron chi connectivity index (χ0n) is 32.4. The summed E-state index contributed by atoms with van der Waals surface area (Å²) in [5, 5.41) is 35.5. The van der Waals surface area contributed by atoms with Crippen LogP contribution < -0.4 is 5.11 Å². The predicted octanol–water partition coefficient (Wildman–Crippen LogP) is -0.543. The maximum Gasteiger partial charge on any atom is 0.338 e. The van der Waals surface area contributed by atoms with Crippen LogP contribution in [0.2, 0.25) is 0 Å². The molecule has 12 unspecified atom stereocenters. The molecule has 0 aromatic heterocycles. The minimum absolute atomic E-state index is 0.117. The molecule has 12 atom stereocenters. The monoisotopic (exact) mass is 762 g/mol. The highest BCUT2D eigenvalue weighted by Gasteiger charge is 2.67. The van der Waals surface area contributed by atoms with Gasteiger partial charge in [0.05, 0.1) is 50.9 Å². The Bertz CT molecular complexity index is 1660. The number of carbonyl (C=O) groups excluding carboxylic acids is 5. The standard InChI is InChI=1S/2C19H27NO7/c1-11-17(3,23)16(22)25-10-13-5-7-20(4)8-6-14(19(13,20)24)26-15(21)9-18(11)12(2)27-18;1-11-18(3,24)17(23)25-10-13-5-7-20(4)8-6-14(16(13)22)26-15(21)9-19(11)12(2)27-19/h5,11-12,14,23H,6-10H2,1-4H3;5,11-12,14,24H,6-10H2,1-4H3. The Morgan fingerprint density at radius 2 is 1.33 bits per heavy atom. The van der Waals surface area contributed by atoms with Crippen molar-refractivity contribution < 1.29 is 72.2 Å². The van der Waals surface area contributed by atoms with Gasteiger partial charge in [-0.15, -0.1) is 0 Å². The summed E-state index contributed by atoms with van der Waals surface area (Å²) in [6.07, 6.45) is 1.65. The van der Waals surface area contributed by atoms with E-state index in [-0.39, 0.29) is 54.1 Å². The van der Waals surface area contributed by atoms with Gasteiger partial charge in [-0.3, -0.25) is 14.4 Å². The Labute approximate surface area is 314 Å². The lowest BCUT2D eigenvalue weighted by molar-refractivity contribution is -1.01.